The van der Waals surface area contributed by atoms with Gasteiger partial charge in [-0.2, -0.15) is 0 Å². The van der Waals surface area contributed by atoms with Crippen molar-refractivity contribution in [3.63, 3.8) is 0 Å². The van der Waals surface area contributed by atoms with Crippen LogP contribution in [0.25, 0.3) is 0 Å². The van der Waals surface area contributed by atoms with Gasteiger partial charge in [-0.15, -0.1) is 0 Å². The second-order valence-corrected chi connectivity index (χ2v) is 6.54. The molecule has 3 fully saturated rings. The van der Waals surface area contributed by atoms with Crippen molar-refractivity contribution in [1.29, 1.82) is 0 Å². The maximum absolute atomic E-state index is 12.7. The molecule has 0 aromatic rings. The van der Waals surface area contributed by atoms with Crippen LogP contribution in [0.5, 0.6) is 0 Å². The summed E-state index contributed by atoms with van der Waals surface area (Å²) in [4.78, 5) is 25.8. The monoisotopic (exact) mass is 281 g/mol. The highest BCUT2D eigenvalue weighted by Crippen LogP contribution is 2.44. The van der Waals surface area contributed by atoms with E-state index in [0.29, 0.717) is 30.8 Å². The zero-order valence-corrected chi connectivity index (χ0v) is 12.0. The molecule has 5 nitrogen and oxygen atoms in total. The van der Waals surface area contributed by atoms with Gasteiger partial charge in [-0.25, -0.2) is 0 Å². The third-order valence-corrected chi connectivity index (χ3v) is 5.43. The molecule has 1 saturated carbocycles. The number of aliphatic carboxylic acids is 1. The highest BCUT2D eigenvalue weighted by atomic mass is 16.5. The Kier molecular flexibility index (Phi) is 3.71. The van der Waals surface area contributed by atoms with Crippen LogP contribution in [0.3, 0.4) is 0 Å². The lowest BCUT2D eigenvalue weighted by molar-refractivity contribution is -0.141. The van der Waals surface area contributed by atoms with E-state index in [0.717, 1.165) is 32.3 Å². The smallest absolute Gasteiger partial charge is 0.306 e. The second kappa shape index (κ2) is 5.35. The first-order chi connectivity index (χ1) is 9.61. The summed E-state index contributed by atoms with van der Waals surface area (Å²) >= 11 is 0. The lowest BCUT2D eigenvalue weighted by atomic mass is 9.90. The van der Waals surface area contributed by atoms with Crippen LogP contribution in [0.2, 0.25) is 0 Å². The SMILES string of the molecule is COC[C@@H]1C[C@H]2CC[C@@H]1N2C(=O)[C@@H]1CC[C@H](C(=O)O)C1. The molecule has 3 rings (SSSR count). The van der Waals surface area contributed by atoms with E-state index in [1.165, 1.54) is 0 Å². The Morgan fingerprint density at radius 3 is 2.55 bits per heavy atom. The molecule has 1 aliphatic carbocycles. The quantitative estimate of drug-likeness (QED) is 0.848. The molecule has 5 heteroatoms. The molecule has 5 atom stereocenters. The molecule has 0 spiro atoms. The summed E-state index contributed by atoms with van der Waals surface area (Å²) in [5.74, 6) is -0.458. The number of amides is 1. The number of carbonyl (C=O) groups is 2. The number of hydrogen-bond donors (Lipinski definition) is 1. The molecule has 0 aromatic carbocycles. The maximum Gasteiger partial charge on any atom is 0.306 e. The van der Waals surface area contributed by atoms with Gasteiger partial charge in [0.15, 0.2) is 0 Å². The van der Waals surface area contributed by atoms with Crippen LogP contribution in [0.1, 0.15) is 38.5 Å². The molecule has 0 aromatic heterocycles. The van der Waals surface area contributed by atoms with E-state index in [9.17, 15) is 9.59 Å². The molecular weight excluding hydrogens is 258 g/mol. The largest absolute Gasteiger partial charge is 0.481 e. The zero-order valence-electron chi connectivity index (χ0n) is 12.0. The van der Waals surface area contributed by atoms with Gasteiger partial charge in [0, 0.05) is 31.0 Å². The molecule has 2 aliphatic heterocycles. The fraction of sp³-hybridized carbons (Fsp3) is 0.867. The van der Waals surface area contributed by atoms with Crippen LogP contribution in [0.15, 0.2) is 0 Å². The van der Waals surface area contributed by atoms with Crippen molar-refractivity contribution in [3.8, 4) is 0 Å². The predicted octanol–water partition coefficient (Wildman–Crippen LogP) is 1.51. The number of nitrogens with zero attached hydrogens (tertiary/aromatic N) is 1. The van der Waals surface area contributed by atoms with Crippen LogP contribution in [-0.2, 0) is 14.3 Å². The summed E-state index contributed by atoms with van der Waals surface area (Å²) in [7, 11) is 1.71. The Morgan fingerprint density at radius 1 is 1.15 bits per heavy atom. The molecule has 2 saturated heterocycles. The molecular formula is C15H23NO4. The van der Waals surface area contributed by atoms with Crippen molar-refractivity contribution in [1.82, 2.24) is 4.90 Å². The molecule has 1 amide bonds. The van der Waals surface area contributed by atoms with Crippen LogP contribution in [0.4, 0.5) is 0 Å². The number of carboxylic acid groups (broad SMARTS) is 1. The first-order valence-electron chi connectivity index (χ1n) is 7.65. The highest BCUT2D eigenvalue weighted by Gasteiger charge is 2.50. The zero-order chi connectivity index (χ0) is 14.3. The molecule has 20 heavy (non-hydrogen) atoms. The van der Waals surface area contributed by atoms with Gasteiger partial charge in [0.25, 0.3) is 0 Å². The number of hydrogen-bond acceptors (Lipinski definition) is 3. The Balaban J connectivity index is 1.65. The third-order valence-electron chi connectivity index (χ3n) is 5.43. The summed E-state index contributed by atoms with van der Waals surface area (Å²) in [6.45, 7) is 0.730. The minimum absolute atomic E-state index is 0.0690. The van der Waals surface area contributed by atoms with Crippen molar-refractivity contribution in [3.05, 3.63) is 0 Å². The van der Waals surface area contributed by atoms with Gasteiger partial charge in [-0.3, -0.25) is 9.59 Å². The number of carboxylic acids is 1. The van der Waals surface area contributed by atoms with Crippen molar-refractivity contribution in [2.24, 2.45) is 17.8 Å². The summed E-state index contributed by atoms with van der Waals surface area (Å²) in [5, 5.41) is 9.07. The number of fused-ring (bicyclic) bond motifs is 2. The normalized spacial score (nSPS) is 39.5. The van der Waals surface area contributed by atoms with E-state index >= 15 is 0 Å². The van der Waals surface area contributed by atoms with Crippen LogP contribution >= 0.6 is 0 Å². The molecule has 112 valence electrons. The van der Waals surface area contributed by atoms with E-state index in [4.69, 9.17) is 9.84 Å². The Labute approximate surface area is 119 Å². The van der Waals surface area contributed by atoms with E-state index < -0.39 is 5.97 Å². The van der Waals surface area contributed by atoms with E-state index in [2.05, 4.69) is 4.90 Å². The number of carbonyl (C=O) groups excluding carboxylic acids is 1. The van der Waals surface area contributed by atoms with E-state index in [1.807, 2.05) is 0 Å². The van der Waals surface area contributed by atoms with Crippen LogP contribution in [0, 0.1) is 17.8 Å². The summed E-state index contributed by atoms with van der Waals surface area (Å²) in [5.41, 5.74) is 0. The Hall–Kier alpha value is -1.10. The van der Waals surface area contributed by atoms with Crippen LogP contribution in [-0.4, -0.2) is 47.7 Å². The van der Waals surface area contributed by atoms with Crippen molar-refractivity contribution < 1.29 is 19.4 Å². The molecule has 2 bridgehead atoms. The standard InChI is InChI=1S/C15H23NO4/c1-20-8-11-7-12-4-5-13(11)16(12)14(17)9-2-3-10(6-9)15(18)19/h9-13H,2-8H2,1H3,(H,18,19)/t9-,10+,11+,12-,13+/m1/s1. The number of rotatable bonds is 4. The first kappa shape index (κ1) is 13.9. The second-order valence-electron chi connectivity index (χ2n) is 6.54. The van der Waals surface area contributed by atoms with Crippen molar-refractivity contribution in [2.75, 3.05) is 13.7 Å². The lowest BCUT2D eigenvalue weighted by Gasteiger charge is -2.27. The first-order valence-corrected chi connectivity index (χ1v) is 7.65. The fourth-order valence-corrected chi connectivity index (χ4v) is 4.49. The van der Waals surface area contributed by atoms with Crippen molar-refractivity contribution >= 4 is 11.9 Å². The summed E-state index contributed by atoms with van der Waals surface area (Å²) in [6.07, 6.45) is 5.15. The van der Waals surface area contributed by atoms with Gasteiger partial charge in [-0.1, -0.05) is 0 Å². The molecule has 1 N–H and O–H groups in total. The summed E-state index contributed by atoms with van der Waals surface area (Å²) in [6, 6.07) is 0.702. The highest BCUT2D eigenvalue weighted by molar-refractivity contribution is 5.82. The number of methoxy groups -OCH3 is 1. The van der Waals surface area contributed by atoms with Gasteiger partial charge < -0.3 is 14.7 Å². The predicted molar refractivity (Wildman–Crippen MR) is 72.1 cm³/mol. The Morgan fingerprint density at radius 2 is 1.90 bits per heavy atom. The lowest BCUT2D eigenvalue weighted by Crippen LogP contribution is -2.40. The maximum atomic E-state index is 12.7. The number of ether oxygens (including phenoxy) is 1. The molecule has 0 radical (unpaired) electrons. The molecule has 2 heterocycles. The van der Waals surface area contributed by atoms with Gasteiger partial charge in [0.05, 0.1) is 12.5 Å². The molecule has 0 unspecified atom stereocenters. The summed E-state index contributed by atoms with van der Waals surface area (Å²) < 4.78 is 5.26. The minimum atomic E-state index is -0.748. The average molecular weight is 281 g/mol. The van der Waals surface area contributed by atoms with E-state index in [-0.39, 0.29) is 17.7 Å². The van der Waals surface area contributed by atoms with Gasteiger partial charge in [0.1, 0.15) is 0 Å². The average Bonchev–Trinajstić information content (AvgIpc) is 3.12. The molecule has 3 aliphatic rings. The van der Waals surface area contributed by atoms with Crippen molar-refractivity contribution in [2.45, 2.75) is 50.6 Å². The van der Waals surface area contributed by atoms with Gasteiger partial charge >= 0.3 is 5.97 Å². The fourth-order valence-electron chi connectivity index (χ4n) is 4.49. The topological polar surface area (TPSA) is 66.8 Å². The van der Waals surface area contributed by atoms with E-state index in [1.54, 1.807) is 7.11 Å². The van der Waals surface area contributed by atoms with Crippen LogP contribution < -0.4 is 0 Å². The van der Waals surface area contributed by atoms with Gasteiger partial charge in [0.2, 0.25) is 5.91 Å². The minimum Gasteiger partial charge on any atom is -0.481 e. The van der Waals surface area contributed by atoms with Gasteiger partial charge in [-0.05, 0) is 38.5 Å². The Bertz CT molecular complexity index is 411. The third kappa shape index (κ3) is 2.22.